The van der Waals surface area contributed by atoms with E-state index in [4.69, 9.17) is 0 Å². The molecule has 0 aromatic rings. The van der Waals surface area contributed by atoms with Crippen LogP contribution in [-0.2, 0) is 4.79 Å². The van der Waals surface area contributed by atoms with Crippen molar-refractivity contribution in [3.8, 4) is 0 Å². The van der Waals surface area contributed by atoms with E-state index in [1.165, 1.54) is 0 Å². The molecular weight excluding hydrogens is 379 g/mol. The predicted octanol–water partition coefficient (Wildman–Crippen LogP) is 2.38. The number of allylic oxidation sites excluding steroid dienone is 1. The van der Waals surface area contributed by atoms with Gasteiger partial charge in [-0.3, -0.25) is 9.79 Å². The molecule has 6 heteroatoms. The molecule has 5 nitrogen and oxygen atoms in total. The van der Waals surface area contributed by atoms with E-state index < -0.39 is 0 Å². The lowest BCUT2D eigenvalue weighted by Gasteiger charge is -2.21. The van der Waals surface area contributed by atoms with E-state index in [1.807, 2.05) is 33.9 Å². The third-order valence-corrected chi connectivity index (χ3v) is 2.65. The minimum atomic E-state index is 0. The quantitative estimate of drug-likeness (QED) is 0.202. The molecule has 1 amide bonds. The van der Waals surface area contributed by atoms with Crippen LogP contribution in [0.3, 0.4) is 0 Å². The van der Waals surface area contributed by atoms with Gasteiger partial charge in [-0.1, -0.05) is 6.08 Å². The van der Waals surface area contributed by atoms with Gasteiger partial charge in [-0.05, 0) is 33.6 Å². The Morgan fingerprint density at radius 2 is 2.10 bits per heavy atom. The van der Waals surface area contributed by atoms with Crippen LogP contribution in [0.5, 0.6) is 0 Å². The number of halogens is 1. The molecule has 0 aromatic heterocycles. The molecule has 21 heavy (non-hydrogen) atoms. The Morgan fingerprint density at radius 3 is 2.62 bits per heavy atom. The molecule has 0 aromatic carbocycles. The summed E-state index contributed by atoms with van der Waals surface area (Å²) >= 11 is 0. The monoisotopic (exact) mass is 410 g/mol. The lowest BCUT2D eigenvalue weighted by molar-refractivity contribution is -0.121. The number of aliphatic imine (C=N–C) groups is 1. The Bertz CT molecular complexity index is 319. The molecule has 0 aliphatic heterocycles. The van der Waals surface area contributed by atoms with Crippen LogP contribution in [0, 0.1) is 0 Å². The number of rotatable bonds is 9. The van der Waals surface area contributed by atoms with E-state index >= 15 is 0 Å². The second-order valence-corrected chi connectivity index (χ2v) is 5.06. The number of amides is 1. The first-order chi connectivity index (χ1) is 9.51. The molecule has 0 bridgehead atoms. The van der Waals surface area contributed by atoms with Gasteiger partial charge >= 0.3 is 0 Å². The molecule has 0 atom stereocenters. The van der Waals surface area contributed by atoms with Crippen molar-refractivity contribution in [2.24, 2.45) is 4.99 Å². The highest BCUT2D eigenvalue weighted by Gasteiger charge is 2.06. The van der Waals surface area contributed by atoms with Crippen molar-refractivity contribution in [1.29, 1.82) is 0 Å². The molecule has 0 saturated carbocycles. The summed E-state index contributed by atoms with van der Waals surface area (Å²) in [7, 11) is 2.01. The van der Waals surface area contributed by atoms with Gasteiger partial charge in [0.15, 0.2) is 5.96 Å². The highest BCUT2D eigenvalue weighted by molar-refractivity contribution is 14.0. The van der Waals surface area contributed by atoms with E-state index in [0.717, 1.165) is 31.9 Å². The number of nitrogens with one attached hydrogen (secondary N) is 2. The van der Waals surface area contributed by atoms with Crippen molar-refractivity contribution in [3.63, 3.8) is 0 Å². The van der Waals surface area contributed by atoms with Crippen LogP contribution < -0.4 is 10.6 Å². The van der Waals surface area contributed by atoms with Crippen LogP contribution in [0.2, 0.25) is 0 Å². The number of nitrogens with zero attached hydrogens (tertiary/aromatic N) is 2. The maximum atomic E-state index is 11.5. The van der Waals surface area contributed by atoms with Crippen LogP contribution in [0.4, 0.5) is 0 Å². The summed E-state index contributed by atoms with van der Waals surface area (Å²) in [5.74, 6) is 0.905. The summed E-state index contributed by atoms with van der Waals surface area (Å²) in [4.78, 5) is 18.1. The van der Waals surface area contributed by atoms with E-state index in [2.05, 4.69) is 27.1 Å². The lowest BCUT2D eigenvalue weighted by Crippen LogP contribution is -2.39. The van der Waals surface area contributed by atoms with Gasteiger partial charge in [0.1, 0.15) is 0 Å². The van der Waals surface area contributed by atoms with Gasteiger partial charge in [-0.25, -0.2) is 0 Å². The first-order valence-corrected chi connectivity index (χ1v) is 7.41. The van der Waals surface area contributed by atoms with Gasteiger partial charge in [0, 0.05) is 32.6 Å². The van der Waals surface area contributed by atoms with Gasteiger partial charge in [0.25, 0.3) is 0 Å². The Balaban J connectivity index is 0. The summed E-state index contributed by atoms with van der Waals surface area (Å²) < 4.78 is 0. The number of hydrogen-bond acceptors (Lipinski definition) is 2. The molecule has 0 heterocycles. The molecule has 0 unspecified atom stereocenters. The number of unbranched alkanes of at least 4 members (excludes halogenated alkanes) is 1. The largest absolute Gasteiger partial charge is 0.357 e. The fourth-order valence-corrected chi connectivity index (χ4v) is 1.71. The average molecular weight is 410 g/mol. The Labute approximate surface area is 146 Å². The SMILES string of the molecule is C=CCCCN(C)C(=NCCC(=O)NC(C)C)NCC.I. The molecular formula is C15H31IN4O. The lowest BCUT2D eigenvalue weighted by atomic mass is 10.3. The van der Waals surface area contributed by atoms with E-state index in [1.54, 1.807) is 0 Å². The van der Waals surface area contributed by atoms with Gasteiger partial charge < -0.3 is 15.5 Å². The minimum Gasteiger partial charge on any atom is -0.357 e. The number of guanidine groups is 1. The van der Waals surface area contributed by atoms with Crippen molar-refractivity contribution < 1.29 is 4.79 Å². The Hall–Kier alpha value is -0.790. The van der Waals surface area contributed by atoms with Gasteiger partial charge in [0.05, 0.1) is 6.54 Å². The van der Waals surface area contributed by atoms with Crippen LogP contribution in [0.25, 0.3) is 0 Å². The van der Waals surface area contributed by atoms with Crippen LogP contribution >= 0.6 is 24.0 Å². The zero-order chi connectivity index (χ0) is 15.4. The van der Waals surface area contributed by atoms with Crippen LogP contribution in [0.1, 0.15) is 40.0 Å². The van der Waals surface area contributed by atoms with E-state index in [-0.39, 0.29) is 35.9 Å². The zero-order valence-corrected chi connectivity index (χ0v) is 16.1. The number of carbonyl (C=O) groups excluding carboxylic acids is 1. The molecule has 2 N–H and O–H groups in total. The molecule has 0 fully saturated rings. The van der Waals surface area contributed by atoms with Crippen molar-refractivity contribution >= 4 is 35.8 Å². The van der Waals surface area contributed by atoms with Gasteiger partial charge in [-0.15, -0.1) is 30.6 Å². The molecule has 0 rings (SSSR count). The molecule has 124 valence electrons. The fraction of sp³-hybridized carbons (Fsp3) is 0.733. The topological polar surface area (TPSA) is 56.7 Å². The number of carbonyl (C=O) groups is 1. The average Bonchev–Trinajstić information content (AvgIpc) is 2.37. The summed E-state index contributed by atoms with van der Waals surface area (Å²) in [6.07, 6.45) is 4.40. The van der Waals surface area contributed by atoms with Crippen LogP contribution in [-0.4, -0.2) is 49.5 Å². The number of hydrogen-bond donors (Lipinski definition) is 2. The van der Waals surface area contributed by atoms with E-state index in [9.17, 15) is 4.79 Å². The molecule has 0 aliphatic carbocycles. The van der Waals surface area contributed by atoms with E-state index in [0.29, 0.717) is 13.0 Å². The maximum absolute atomic E-state index is 11.5. The third kappa shape index (κ3) is 12.6. The predicted molar refractivity (Wildman–Crippen MR) is 101 cm³/mol. The van der Waals surface area contributed by atoms with Crippen LogP contribution in [0.15, 0.2) is 17.6 Å². The smallest absolute Gasteiger partial charge is 0.222 e. The molecule has 0 aliphatic rings. The molecule has 0 radical (unpaired) electrons. The molecule has 0 spiro atoms. The maximum Gasteiger partial charge on any atom is 0.222 e. The molecule has 0 saturated heterocycles. The van der Waals surface area contributed by atoms with Gasteiger partial charge in [-0.2, -0.15) is 0 Å². The van der Waals surface area contributed by atoms with Crippen molar-refractivity contribution in [2.45, 2.75) is 46.1 Å². The third-order valence-electron chi connectivity index (χ3n) is 2.65. The first-order valence-electron chi connectivity index (χ1n) is 7.41. The summed E-state index contributed by atoms with van der Waals surface area (Å²) in [6.45, 7) is 11.9. The highest BCUT2D eigenvalue weighted by atomic mass is 127. The fourth-order valence-electron chi connectivity index (χ4n) is 1.71. The minimum absolute atomic E-state index is 0. The normalized spacial score (nSPS) is 10.8. The first kappa shape index (κ1) is 22.5. The second kappa shape index (κ2) is 14.2. The Morgan fingerprint density at radius 1 is 1.43 bits per heavy atom. The summed E-state index contributed by atoms with van der Waals surface area (Å²) in [5.41, 5.74) is 0. The standard InChI is InChI=1S/C15H30N4O.HI/c1-6-8-9-12-19(5)15(16-7-2)17-11-10-14(20)18-13(3)4;/h6,13H,1,7-12H2,2-5H3,(H,16,17)(H,18,20);1H. The highest BCUT2D eigenvalue weighted by Crippen LogP contribution is 1.95. The van der Waals surface area contributed by atoms with Crippen molar-refractivity contribution in [1.82, 2.24) is 15.5 Å². The second-order valence-electron chi connectivity index (χ2n) is 5.06. The summed E-state index contributed by atoms with van der Waals surface area (Å²) in [6, 6.07) is 0.182. The zero-order valence-electron chi connectivity index (χ0n) is 13.8. The van der Waals surface area contributed by atoms with Crippen molar-refractivity contribution in [3.05, 3.63) is 12.7 Å². The Kier molecular flexibility index (Phi) is 15.2. The van der Waals surface area contributed by atoms with Crippen molar-refractivity contribution in [2.75, 3.05) is 26.7 Å². The summed E-state index contributed by atoms with van der Waals surface area (Å²) in [5, 5.41) is 6.11. The van der Waals surface area contributed by atoms with Gasteiger partial charge in [0.2, 0.25) is 5.91 Å².